The molecule has 16 heavy (non-hydrogen) atoms. The van der Waals surface area contributed by atoms with Crippen LogP contribution in [0.4, 0.5) is 0 Å². The quantitative estimate of drug-likeness (QED) is 0.824. The summed E-state index contributed by atoms with van der Waals surface area (Å²) in [6, 6.07) is 2.80. The highest BCUT2D eigenvalue weighted by molar-refractivity contribution is 7.07. The van der Waals surface area contributed by atoms with Crippen LogP contribution in [0.15, 0.2) is 34.0 Å². The second-order valence-corrected chi connectivity index (χ2v) is 3.82. The predicted molar refractivity (Wildman–Crippen MR) is 60.3 cm³/mol. The number of pyridine rings is 1. The average molecular weight is 235 g/mol. The minimum absolute atomic E-state index is 0.226. The largest absolute Gasteiger partial charge is 0.346 e. The van der Waals surface area contributed by atoms with E-state index >= 15 is 0 Å². The van der Waals surface area contributed by atoms with Crippen LogP contribution in [0.1, 0.15) is 16.1 Å². The van der Waals surface area contributed by atoms with Crippen LogP contribution in [0, 0.1) is 0 Å². The molecule has 2 heterocycles. The van der Waals surface area contributed by atoms with Gasteiger partial charge in [0.25, 0.3) is 5.91 Å². The van der Waals surface area contributed by atoms with Crippen molar-refractivity contribution >= 4 is 17.2 Å². The van der Waals surface area contributed by atoms with E-state index in [9.17, 15) is 9.59 Å². The molecule has 0 aliphatic carbocycles. The molecule has 0 fully saturated rings. The number of aromatic amines is 1. The van der Waals surface area contributed by atoms with E-state index in [4.69, 9.17) is 0 Å². The monoisotopic (exact) mass is 235 g/mol. The lowest BCUT2D eigenvalue weighted by atomic mass is 10.2. The van der Waals surface area contributed by atoms with Crippen LogP contribution >= 0.6 is 11.3 Å². The van der Waals surface area contributed by atoms with Crippen LogP contribution < -0.4 is 10.9 Å². The third-order valence-corrected chi connectivity index (χ3v) is 2.60. The first kappa shape index (κ1) is 10.6. The molecule has 2 rings (SSSR count). The van der Waals surface area contributed by atoms with Gasteiger partial charge in [-0.2, -0.15) is 0 Å². The Hall–Kier alpha value is -1.95. The normalized spacial score (nSPS) is 10.0. The van der Waals surface area contributed by atoms with Crippen LogP contribution in [-0.4, -0.2) is 15.9 Å². The molecule has 0 aromatic carbocycles. The minimum atomic E-state index is -0.232. The highest BCUT2D eigenvalue weighted by Gasteiger charge is 2.05. The van der Waals surface area contributed by atoms with Crippen LogP contribution in [-0.2, 0) is 6.54 Å². The standard InChI is InChI=1S/C10H9N3O2S/c14-9-2-1-7(3-11-9)10(15)12-4-8-5-16-6-13-8/h1-3,5-6H,4H2,(H,11,14)(H,12,15). The summed E-state index contributed by atoms with van der Waals surface area (Å²) >= 11 is 1.48. The number of nitrogens with zero attached hydrogens (tertiary/aromatic N) is 1. The zero-order valence-electron chi connectivity index (χ0n) is 8.27. The van der Waals surface area contributed by atoms with Gasteiger partial charge >= 0.3 is 0 Å². The molecule has 0 aliphatic rings. The lowest BCUT2D eigenvalue weighted by Crippen LogP contribution is -2.23. The molecule has 0 unspecified atom stereocenters. The van der Waals surface area contributed by atoms with E-state index in [1.54, 1.807) is 5.51 Å². The zero-order valence-corrected chi connectivity index (χ0v) is 9.08. The molecule has 0 radical (unpaired) electrons. The molecule has 0 saturated heterocycles. The van der Waals surface area contributed by atoms with E-state index < -0.39 is 0 Å². The number of hydrogen-bond donors (Lipinski definition) is 2. The van der Waals surface area contributed by atoms with E-state index in [1.165, 1.54) is 29.7 Å². The molecule has 0 spiro atoms. The van der Waals surface area contributed by atoms with E-state index in [0.29, 0.717) is 12.1 Å². The van der Waals surface area contributed by atoms with Crippen molar-refractivity contribution < 1.29 is 4.79 Å². The fraction of sp³-hybridized carbons (Fsp3) is 0.100. The second-order valence-electron chi connectivity index (χ2n) is 3.10. The Morgan fingerprint density at radius 2 is 2.38 bits per heavy atom. The molecule has 2 aromatic heterocycles. The molecule has 5 nitrogen and oxygen atoms in total. The van der Waals surface area contributed by atoms with Gasteiger partial charge in [-0.05, 0) is 6.07 Å². The molecule has 0 saturated carbocycles. The highest BCUT2D eigenvalue weighted by Crippen LogP contribution is 2.00. The molecular formula is C10H9N3O2S. The summed E-state index contributed by atoms with van der Waals surface area (Å²) in [5, 5.41) is 4.57. The second kappa shape index (κ2) is 4.71. The Labute approximate surface area is 95.2 Å². The Kier molecular flexibility index (Phi) is 3.11. The third kappa shape index (κ3) is 2.54. The average Bonchev–Trinajstić information content (AvgIpc) is 2.80. The number of nitrogens with one attached hydrogen (secondary N) is 2. The molecule has 1 amide bonds. The Morgan fingerprint density at radius 1 is 1.50 bits per heavy atom. The van der Waals surface area contributed by atoms with Crippen molar-refractivity contribution in [3.05, 3.63) is 50.8 Å². The number of H-pyrrole nitrogens is 1. The number of carbonyl (C=O) groups is 1. The fourth-order valence-electron chi connectivity index (χ4n) is 1.15. The predicted octanol–water partition coefficient (Wildman–Crippen LogP) is 0.761. The highest BCUT2D eigenvalue weighted by atomic mass is 32.1. The number of rotatable bonds is 3. The first-order valence-corrected chi connectivity index (χ1v) is 5.54. The van der Waals surface area contributed by atoms with Gasteiger partial charge in [-0.3, -0.25) is 9.59 Å². The van der Waals surface area contributed by atoms with Crippen LogP contribution in [0.5, 0.6) is 0 Å². The van der Waals surface area contributed by atoms with E-state index in [1.807, 2.05) is 5.38 Å². The molecule has 2 aromatic rings. The number of aromatic nitrogens is 2. The zero-order chi connectivity index (χ0) is 11.4. The summed E-state index contributed by atoms with van der Waals surface area (Å²) in [6.07, 6.45) is 1.39. The maximum absolute atomic E-state index is 11.6. The smallest absolute Gasteiger partial charge is 0.253 e. The lowest BCUT2D eigenvalue weighted by molar-refractivity contribution is 0.0950. The van der Waals surface area contributed by atoms with Gasteiger partial charge in [0, 0.05) is 17.6 Å². The third-order valence-electron chi connectivity index (χ3n) is 1.96. The maximum atomic E-state index is 11.6. The number of thiazole rings is 1. The minimum Gasteiger partial charge on any atom is -0.346 e. The van der Waals surface area contributed by atoms with Gasteiger partial charge in [0.1, 0.15) is 0 Å². The lowest BCUT2D eigenvalue weighted by Gasteiger charge is -2.02. The molecule has 2 N–H and O–H groups in total. The van der Waals surface area contributed by atoms with E-state index in [2.05, 4.69) is 15.3 Å². The molecule has 0 atom stereocenters. The van der Waals surface area contributed by atoms with Gasteiger partial charge in [0.05, 0.1) is 23.3 Å². The van der Waals surface area contributed by atoms with Crippen molar-refractivity contribution in [3.8, 4) is 0 Å². The van der Waals surface area contributed by atoms with Crippen molar-refractivity contribution in [1.29, 1.82) is 0 Å². The van der Waals surface area contributed by atoms with Crippen molar-refractivity contribution in [1.82, 2.24) is 15.3 Å². The number of carbonyl (C=O) groups excluding carboxylic acids is 1. The van der Waals surface area contributed by atoms with Crippen LogP contribution in [0.25, 0.3) is 0 Å². The van der Waals surface area contributed by atoms with Crippen LogP contribution in [0.2, 0.25) is 0 Å². The number of hydrogen-bond acceptors (Lipinski definition) is 4. The van der Waals surface area contributed by atoms with Gasteiger partial charge < -0.3 is 10.3 Å². The Bertz CT molecular complexity index is 513. The van der Waals surface area contributed by atoms with Gasteiger partial charge in [-0.25, -0.2) is 4.98 Å². The molecule has 6 heteroatoms. The maximum Gasteiger partial charge on any atom is 0.253 e. The van der Waals surface area contributed by atoms with Gasteiger partial charge in [0.15, 0.2) is 0 Å². The van der Waals surface area contributed by atoms with Crippen molar-refractivity contribution in [2.75, 3.05) is 0 Å². The summed E-state index contributed by atoms with van der Waals surface area (Å²) in [5.41, 5.74) is 2.73. The summed E-state index contributed by atoms with van der Waals surface area (Å²) in [6.45, 7) is 0.390. The fourth-order valence-corrected chi connectivity index (χ4v) is 1.71. The van der Waals surface area contributed by atoms with Gasteiger partial charge in [-0.1, -0.05) is 0 Å². The summed E-state index contributed by atoms with van der Waals surface area (Å²) in [4.78, 5) is 28.9. The Balaban J connectivity index is 1.98. The first-order valence-electron chi connectivity index (χ1n) is 4.60. The SMILES string of the molecule is O=C(NCc1cscn1)c1ccc(=O)[nH]c1. The molecule has 0 bridgehead atoms. The first-order chi connectivity index (χ1) is 7.75. The summed E-state index contributed by atoms with van der Waals surface area (Å²) in [7, 11) is 0. The topological polar surface area (TPSA) is 74.8 Å². The summed E-state index contributed by atoms with van der Waals surface area (Å²) < 4.78 is 0. The summed E-state index contributed by atoms with van der Waals surface area (Å²) in [5.74, 6) is -0.232. The molecule has 0 aliphatic heterocycles. The van der Waals surface area contributed by atoms with E-state index in [0.717, 1.165) is 5.69 Å². The van der Waals surface area contributed by atoms with Gasteiger partial charge in [0.2, 0.25) is 5.56 Å². The number of amides is 1. The van der Waals surface area contributed by atoms with Crippen molar-refractivity contribution in [3.63, 3.8) is 0 Å². The Morgan fingerprint density at radius 3 is 3.00 bits per heavy atom. The van der Waals surface area contributed by atoms with Crippen LogP contribution in [0.3, 0.4) is 0 Å². The van der Waals surface area contributed by atoms with Gasteiger partial charge in [-0.15, -0.1) is 11.3 Å². The van der Waals surface area contributed by atoms with Crippen molar-refractivity contribution in [2.24, 2.45) is 0 Å². The molecule has 82 valence electrons. The molecular weight excluding hydrogens is 226 g/mol. The van der Waals surface area contributed by atoms with Crippen molar-refractivity contribution in [2.45, 2.75) is 6.54 Å². The van der Waals surface area contributed by atoms with E-state index in [-0.39, 0.29) is 11.5 Å².